The lowest BCUT2D eigenvalue weighted by molar-refractivity contribution is -0.142. The van der Waals surface area contributed by atoms with E-state index in [0.717, 1.165) is 0 Å². The number of rotatable bonds is 19. The zero-order valence-electron chi connectivity index (χ0n) is 22.9. The predicted molar refractivity (Wildman–Crippen MR) is 155 cm³/mol. The number of hydrogen-bond donors (Lipinski definition) is 9. The molecule has 0 saturated heterocycles. The largest absolute Gasteiger partial charge is 0.508 e. The summed E-state index contributed by atoms with van der Waals surface area (Å²) < 4.78 is 0. The maximum absolute atomic E-state index is 13.4. The number of benzene rings is 1. The first-order valence-corrected chi connectivity index (χ1v) is 14.2. The van der Waals surface area contributed by atoms with Gasteiger partial charge in [0, 0.05) is 19.4 Å². The van der Waals surface area contributed by atoms with Crippen molar-refractivity contribution in [2.75, 3.05) is 18.6 Å². The van der Waals surface area contributed by atoms with Crippen LogP contribution in [0.1, 0.15) is 37.7 Å². The van der Waals surface area contributed by atoms with E-state index in [1.165, 1.54) is 23.9 Å². The van der Waals surface area contributed by atoms with Gasteiger partial charge in [0.2, 0.25) is 23.6 Å². The Bertz CT molecular complexity index is 1070. The molecule has 16 heteroatoms. The van der Waals surface area contributed by atoms with E-state index in [0.29, 0.717) is 11.3 Å². The van der Waals surface area contributed by atoms with Crippen LogP contribution in [0.3, 0.4) is 0 Å². The normalized spacial score (nSPS) is 13.6. The minimum Gasteiger partial charge on any atom is -0.508 e. The van der Waals surface area contributed by atoms with Gasteiger partial charge in [-0.1, -0.05) is 12.1 Å². The van der Waals surface area contributed by atoms with E-state index in [4.69, 9.17) is 22.9 Å². The van der Waals surface area contributed by atoms with E-state index in [-0.39, 0.29) is 56.8 Å². The number of aliphatic imine (C=N–C) groups is 1. The highest BCUT2D eigenvalue weighted by atomic mass is 32.2. The topological polar surface area (TPSA) is 278 Å². The molecule has 0 aliphatic rings. The predicted octanol–water partition coefficient (Wildman–Crippen LogP) is -2.13. The number of nitrogens with zero attached hydrogens (tertiary/aromatic N) is 1. The molecule has 0 aliphatic carbocycles. The molecule has 0 saturated carbocycles. The molecule has 13 N–H and O–H groups in total. The molecule has 15 nitrogen and oxygen atoms in total. The van der Waals surface area contributed by atoms with E-state index in [1.54, 1.807) is 18.4 Å². The molecule has 0 fully saturated rings. The quantitative estimate of drug-likeness (QED) is 0.0472. The number of thioether (sulfide) groups is 1. The van der Waals surface area contributed by atoms with Crippen LogP contribution in [-0.4, -0.2) is 88.5 Å². The summed E-state index contributed by atoms with van der Waals surface area (Å²) in [6, 6.07) is 1.21. The SMILES string of the molecule is CSCCC(NC(=O)C(CCCN=C(N)N)NC(=O)C(Cc1ccc(O)cc1)NC(=O)C(N)CCC(N)=O)C(=O)O. The fraction of sp³-hybridized carbons (Fsp3) is 0.520. The van der Waals surface area contributed by atoms with Crippen molar-refractivity contribution in [2.45, 2.75) is 62.7 Å². The van der Waals surface area contributed by atoms with Crippen LogP contribution < -0.4 is 38.9 Å². The second-order valence-corrected chi connectivity index (χ2v) is 10.2. The number of primary amides is 1. The Kier molecular flexibility index (Phi) is 15.6. The number of nitrogens with two attached hydrogens (primary N) is 4. The Morgan fingerprint density at radius 3 is 2.02 bits per heavy atom. The minimum absolute atomic E-state index is 0.000714. The molecule has 1 rings (SSSR count). The number of guanidine groups is 1. The van der Waals surface area contributed by atoms with Gasteiger partial charge in [-0.15, -0.1) is 0 Å². The summed E-state index contributed by atoms with van der Waals surface area (Å²) in [5, 5.41) is 26.7. The third-order valence-electron chi connectivity index (χ3n) is 5.85. The van der Waals surface area contributed by atoms with Crippen LogP contribution in [0.4, 0.5) is 0 Å². The first-order valence-electron chi connectivity index (χ1n) is 12.8. The standard InChI is InChI=1S/C25H40N8O7S/c1-41-12-10-18(24(39)40)32-22(37)17(3-2-11-30-25(28)29)31-23(38)19(13-14-4-6-15(34)7-5-14)33-21(36)16(26)8-9-20(27)35/h4-7,16-19,34H,2-3,8-13,26H2,1H3,(H2,27,35)(H,31,38)(H,32,37)(H,33,36)(H,39,40)(H4,28,29,30). The summed E-state index contributed by atoms with van der Waals surface area (Å²) in [6.07, 6.45) is 2.08. The van der Waals surface area contributed by atoms with Crippen molar-refractivity contribution in [3.05, 3.63) is 29.8 Å². The summed E-state index contributed by atoms with van der Waals surface area (Å²) >= 11 is 1.42. The van der Waals surface area contributed by atoms with Crippen molar-refractivity contribution in [2.24, 2.45) is 27.9 Å². The number of carboxylic acids is 1. The second-order valence-electron chi connectivity index (χ2n) is 9.23. The number of phenolic OH excluding ortho intramolecular Hbond substituents is 1. The molecule has 0 aromatic heterocycles. The van der Waals surface area contributed by atoms with Gasteiger partial charge in [0.15, 0.2) is 5.96 Å². The molecule has 0 heterocycles. The molecule has 1 aromatic carbocycles. The number of aliphatic carboxylic acids is 1. The van der Waals surface area contributed by atoms with E-state index in [9.17, 15) is 34.2 Å². The molecule has 41 heavy (non-hydrogen) atoms. The molecule has 4 amide bonds. The van der Waals surface area contributed by atoms with Crippen molar-refractivity contribution in [3.8, 4) is 5.75 Å². The number of carboxylic acid groups (broad SMARTS) is 1. The number of phenols is 1. The molecule has 4 atom stereocenters. The van der Waals surface area contributed by atoms with Gasteiger partial charge in [0.05, 0.1) is 6.04 Å². The van der Waals surface area contributed by atoms with Crippen molar-refractivity contribution in [1.82, 2.24) is 16.0 Å². The number of aromatic hydroxyl groups is 1. The van der Waals surface area contributed by atoms with E-state index < -0.39 is 53.8 Å². The fourth-order valence-corrected chi connectivity index (χ4v) is 4.07. The highest BCUT2D eigenvalue weighted by Crippen LogP contribution is 2.12. The number of hydrogen-bond acceptors (Lipinski definition) is 9. The third-order valence-corrected chi connectivity index (χ3v) is 6.50. The Morgan fingerprint density at radius 1 is 0.878 bits per heavy atom. The van der Waals surface area contributed by atoms with Crippen LogP contribution in [0.25, 0.3) is 0 Å². The highest BCUT2D eigenvalue weighted by Gasteiger charge is 2.30. The zero-order valence-corrected chi connectivity index (χ0v) is 23.7. The lowest BCUT2D eigenvalue weighted by Gasteiger charge is -2.25. The molecule has 228 valence electrons. The van der Waals surface area contributed by atoms with Gasteiger partial charge in [-0.3, -0.25) is 24.2 Å². The maximum atomic E-state index is 13.4. The lowest BCUT2D eigenvalue weighted by atomic mass is 10.0. The van der Waals surface area contributed by atoms with Gasteiger partial charge in [0.1, 0.15) is 23.9 Å². The number of nitrogens with one attached hydrogen (secondary N) is 3. The van der Waals surface area contributed by atoms with Crippen LogP contribution in [0.2, 0.25) is 0 Å². The Hall–Kier alpha value is -4.05. The Balaban J connectivity index is 3.17. The summed E-state index contributed by atoms with van der Waals surface area (Å²) in [6.45, 7) is 0.152. The fourth-order valence-electron chi connectivity index (χ4n) is 3.59. The van der Waals surface area contributed by atoms with Crippen molar-refractivity contribution >= 4 is 47.3 Å². The maximum Gasteiger partial charge on any atom is 0.326 e. The zero-order chi connectivity index (χ0) is 30.9. The van der Waals surface area contributed by atoms with Gasteiger partial charge < -0.3 is 49.1 Å². The van der Waals surface area contributed by atoms with Crippen molar-refractivity contribution in [3.63, 3.8) is 0 Å². The van der Waals surface area contributed by atoms with E-state index in [2.05, 4.69) is 20.9 Å². The summed E-state index contributed by atoms with van der Waals surface area (Å²) in [5.41, 5.74) is 22.3. The van der Waals surface area contributed by atoms with Crippen LogP contribution in [0.15, 0.2) is 29.3 Å². The number of carbonyl (C=O) groups excluding carboxylic acids is 4. The van der Waals surface area contributed by atoms with Crippen molar-refractivity contribution < 1.29 is 34.2 Å². The van der Waals surface area contributed by atoms with Crippen molar-refractivity contribution in [1.29, 1.82) is 0 Å². The van der Waals surface area contributed by atoms with Gasteiger partial charge in [0.25, 0.3) is 0 Å². The molecule has 0 spiro atoms. The van der Waals surface area contributed by atoms with Gasteiger partial charge in [-0.2, -0.15) is 11.8 Å². The monoisotopic (exact) mass is 596 g/mol. The molecule has 0 radical (unpaired) electrons. The van der Waals surface area contributed by atoms with Gasteiger partial charge >= 0.3 is 5.97 Å². The van der Waals surface area contributed by atoms with Crippen LogP contribution in [-0.2, 0) is 30.4 Å². The highest BCUT2D eigenvalue weighted by molar-refractivity contribution is 7.98. The number of carbonyl (C=O) groups is 5. The first kappa shape index (κ1) is 35.0. The average Bonchev–Trinajstić information content (AvgIpc) is 2.91. The van der Waals surface area contributed by atoms with Crippen LogP contribution in [0.5, 0.6) is 5.75 Å². The van der Waals surface area contributed by atoms with Crippen LogP contribution >= 0.6 is 11.8 Å². The minimum atomic E-state index is -1.22. The second kappa shape index (κ2) is 18.3. The summed E-state index contributed by atoms with van der Waals surface area (Å²) in [4.78, 5) is 65.9. The molecule has 0 bridgehead atoms. The molecular formula is C25H40N8O7S. The number of amides is 4. The molecular weight excluding hydrogens is 556 g/mol. The van der Waals surface area contributed by atoms with E-state index >= 15 is 0 Å². The summed E-state index contributed by atoms with van der Waals surface area (Å²) in [5.74, 6) is -3.73. The van der Waals surface area contributed by atoms with Crippen LogP contribution in [0, 0.1) is 0 Å². The Morgan fingerprint density at radius 2 is 1.46 bits per heavy atom. The smallest absolute Gasteiger partial charge is 0.326 e. The average molecular weight is 597 g/mol. The summed E-state index contributed by atoms with van der Waals surface area (Å²) in [7, 11) is 0. The lowest BCUT2D eigenvalue weighted by Crippen LogP contribution is -2.57. The molecule has 0 aliphatic heterocycles. The first-order chi connectivity index (χ1) is 19.3. The molecule has 4 unspecified atom stereocenters. The molecule has 1 aromatic rings. The van der Waals surface area contributed by atoms with Gasteiger partial charge in [-0.25, -0.2) is 4.79 Å². The van der Waals surface area contributed by atoms with Gasteiger partial charge in [-0.05, 0) is 55.4 Å². The third kappa shape index (κ3) is 14.2. The van der Waals surface area contributed by atoms with E-state index in [1.807, 2.05) is 0 Å². The Labute approximate surface area is 242 Å².